The van der Waals surface area contributed by atoms with Gasteiger partial charge < -0.3 is 14.4 Å². The molecule has 1 aliphatic rings. The van der Waals surface area contributed by atoms with Gasteiger partial charge in [0.1, 0.15) is 11.7 Å². The molecule has 0 bridgehead atoms. The second-order valence-corrected chi connectivity index (χ2v) is 3.52. The van der Waals surface area contributed by atoms with E-state index in [1.54, 1.807) is 12.1 Å². The molecule has 2 heterocycles. The fourth-order valence-corrected chi connectivity index (χ4v) is 1.72. The number of carbonyl (C=O) groups excluding carboxylic acids is 1. The van der Waals surface area contributed by atoms with Crippen molar-refractivity contribution in [3.63, 3.8) is 0 Å². The number of likely N-dealkylation sites (tertiary alicyclic amines) is 1. The van der Waals surface area contributed by atoms with Gasteiger partial charge in [0.05, 0.1) is 12.8 Å². The van der Waals surface area contributed by atoms with E-state index in [-0.39, 0.29) is 5.91 Å². The number of hydrogen-bond acceptors (Lipinski definition) is 3. The summed E-state index contributed by atoms with van der Waals surface area (Å²) < 4.78 is 5.10. The average Bonchev–Trinajstić information content (AvgIpc) is 2.78. The molecule has 5 nitrogen and oxygen atoms in total. The van der Waals surface area contributed by atoms with Crippen molar-refractivity contribution >= 4 is 11.9 Å². The summed E-state index contributed by atoms with van der Waals surface area (Å²) in [6.45, 7) is 0.839. The lowest BCUT2D eigenvalue weighted by atomic mass is 10.1. The largest absolute Gasteiger partial charge is 0.481 e. The van der Waals surface area contributed by atoms with Gasteiger partial charge in [-0.05, 0) is 18.6 Å². The van der Waals surface area contributed by atoms with E-state index < -0.39 is 11.9 Å². The van der Waals surface area contributed by atoms with Gasteiger partial charge in [-0.25, -0.2) is 0 Å². The van der Waals surface area contributed by atoms with Gasteiger partial charge in [-0.1, -0.05) is 0 Å². The molecule has 1 atom stereocenters. The van der Waals surface area contributed by atoms with Crippen LogP contribution in [-0.4, -0.2) is 28.4 Å². The standard InChI is InChI=1S/C10H11NO4/c12-9-8(10(13)14)3-4-11(9)6-7-2-1-5-15-7/h1-2,5,8H,3-4,6H2,(H,13,14). The summed E-state index contributed by atoms with van der Waals surface area (Å²) in [5.74, 6) is -1.56. The summed E-state index contributed by atoms with van der Waals surface area (Å²) >= 11 is 0. The van der Waals surface area contributed by atoms with Crippen LogP contribution in [0.5, 0.6) is 0 Å². The van der Waals surface area contributed by atoms with Crippen molar-refractivity contribution in [3.8, 4) is 0 Å². The highest BCUT2D eigenvalue weighted by Crippen LogP contribution is 2.20. The highest BCUT2D eigenvalue weighted by molar-refractivity contribution is 5.98. The SMILES string of the molecule is O=C(O)C1CCN(Cc2ccco2)C1=O. The number of carboxylic acid groups (broad SMARTS) is 1. The van der Waals surface area contributed by atoms with Crippen molar-refractivity contribution in [2.75, 3.05) is 6.54 Å². The van der Waals surface area contributed by atoms with E-state index in [9.17, 15) is 9.59 Å². The summed E-state index contributed by atoms with van der Waals surface area (Å²) in [4.78, 5) is 23.8. The molecule has 0 spiro atoms. The third-order valence-electron chi connectivity index (χ3n) is 2.52. The topological polar surface area (TPSA) is 70.8 Å². The molecule has 80 valence electrons. The highest BCUT2D eigenvalue weighted by Gasteiger charge is 2.36. The van der Waals surface area contributed by atoms with E-state index in [2.05, 4.69) is 0 Å². The maximum absolute atomic E-state index is 11.6. The van der Waals surface area contributed by atoms with E-state index in [0.717, 1.165) is 0 Å². The molecule has 1 fully saturated rings. The predicted molar refractivity (Wildman–Crippen MR) is 49.9 cm³/mol. The van der Waals surface area contributed by atoms with Crippen LogP contribution in [0.3, 0.4) is 0 Å². The maximum Gasteiger partial charge on any atom is 0.316 e. The fourth-order valence-electron chi connectivity index (χ4n) is 1.72. The number of carbonyl (C=O) groups is 2. The molecule has 0 aliphatic carbocycles. The molecule has 1 amide bonds. The van der Waals surface area contributed by atoms with Crippen LogP contribution in [0.2, 0.25) is 0 Å². The molecule has 1 unspecified atom stereocenters. The lowest BCUT2D eigenvalue weighted by Gasteiger charge is -2.13. The summed E-state index contributed by atoms with van der Waals surface area (Å²) in [6.07, 6.45) is 1.92. The van der Waals surface area contributed by atoms with Crippen LogP contribution in [0, 0.1) is 5.92 Å². The van der Waals surface area contributed by atoms with Gasteiger partial charge in [0.25, 0.3) is 0 Å². The Morgan fingerprint density at radius 2 is 2.47 bits per heavy atom. The number of nitrogens with zero attached hydrogens (tertiary/aromatic N) is 1. The number of carboxylic acids is 1. The van der Waals surface area contributed by atoms with Crippen molar-refractivity contribution in [3.05, 3.63) is 24.2 Å². The van der Waals surface area contributed by atoms with Gasteiger partial charge in [-0.2, -0.15) is 0 Å². The molecule has 1 N–H and O–H groups in total. The Morgan fingerprint density at radius 3 is 3.00 bits per heavy atom. The molecule has 1 aromatic heterocycles. The number of amides is 1. The third kappa shape index (κ3) is 1.86. The molecule has 1 saturated heterocycles. The molecular weight excluding hydrogens is 198 g/mol. The van der Waals surface area contributed by atoms with Gasteiger partial charge in [-0.15, -0.1) is 0 Å². The minimum Gasteiger partial charge on any atom is -0.481 e. The van der Waals surface area contributed by atoms with Gasteiger partial charge in [0.2, 0.25) is 5.91 Å². The molecular formula is C10H11NO4. The Morgan fingerprint density at radius 1 is 1.67 bits per heavy atom. The second kappa shape index (κ2) is 3.76. The Hall–Kier alpha value is -1.78. The van der Waals surface area contributed by atoms with Crippen LogP contribution in [-0.2, 0) is 16.1 Å². The highest BCUT2D eigenvalue weighted by atomic mass is 16.4. The maximum atomic E-state index is 11.6. The molecule has 0 radical (unpaired) electrons. The first-order valence-electron chi connectivity index (χ1n) is 4.72. The summed E-state index contributed by atoms with van der Waals surface area (Å²) in [6, 6.07) is 3.51. The fraction of sp³-hybridized carbons (Fsp3) is 0.400. The number of hydrogen-bond donors (Lipinski definition) is 1. The molecule has 15 heavy (non-hydrogen) atoms. The summed E-state index contributed by atoms with van der Waals surface area (Å²) in [7, 11) is 0. The van der Waals surface area contributed by atoms with Crippen LogP contribution in [0.1, 0.15) is 12.2 Å². The van der Waals surface area contributed by atoms with Crippen LogP contribution in [0.25, 0.3) is 0 Å². The van der Waals surface area contributed by atoms with E-state index in [1.165, 1.54) is 11.2 Å². The Bertz CT molecular complexity index is 371. The predicted octanol–water partition coefficient (Wildman–Crippen LogP) is 0.713. The van der Waals surface area contributed by atoms with Gasteiger partial charge >= 0.3 is 5.97 Å². The normalized spacial score (nSPS) is 20.9. The Labute approximate surface area is 86.3 Å². The van der Waals surface area contributed by atoms with Crippen LogP contribution < -0.4 is 0 Å². The quantitative estimate of drug-likeness (QED) is 0.744. The summed E-state index contributed by atoms with van der Waals surface area (Å²) in [5, 5.41) is 8.76. The summed E-state index contributed by atoms with van der Waals surface area (Å²) in [5.41, 5.74) is 0. The molecule has 1 aromatic rings. The first-order valence-corrected chi connectivity index (χ1v) is 4.72. The van der Waals surface area contributed by atoms with Gasteiger partial charge in [-0.3, -0.25) is 9.59 Å². The second-order valence-electron chi connectivity index (χ2n) is 3.52. The van der Waals surface area contributed by atoms with Crippen molar-refractivity contribution in [1.29, 1.82) is 0 Å². The Balaban J connectivity index is 2.02. The minimum atomic E-state index is -1.04. The molecule has 1 aliphatic heterocycles. The lowest BCUT2D eigenvalue weighted by molar-refractivity contribution is -0.147. The van der Waals surface area contributed by atoms with E-state index >= 15 is 0 Å². The zero-order chi connectivity index (χ0) is 10.8. The number of rotatable bonds is 3. The number of aliphatic carboxylic acids is 1. The minimum absolute atomic E-state index is 0.320. The van der Waals surface area contributed by atoms with E-state index in [0.29, 0.717) is 25.3 Å². The van der Waals surface area contributed by atoms with Crippen molar-refractivity contribution < 1.29 is 19.1 Å². The first-order chi connectivity index (χ1) is 7.18. The molecule has 2 rings (SSSR count). The molecule has 0 saturated carbocycles. The van der Waals surface area contributed by atoms with Crippen molar-refractivity contribution in [2.45, 2.75) is 13.0 Å². The zero-order valence-corrected chi connectivity index (χ0v) is 8.05. The van der Waals surface area contributed by atoms with Crippen molar-refractivity contribution in [1.82, 2.24) is 4.90 Å². The zero-order valence-electron chi connectivity index (χ0n) is 8.05. The van der Waals surface area contributed by atoms with Gasteiger partial charge in [0.15, 0.2) is 0 Å². The molecule has 0 aromatic carbocycles. The lowest BCUT2D eigenvalue weighted by Crippen LogP contribution is -2.29. The van der Waals surface area contributed by atoms with E-state index in [4.69, 9.17) is 9.52 Å². The monoisotopic (exact) mass is 209 g/mol. The smallest absolute Gasteiger partial charge is 0.316 e. The van der Waals surface area contributed by atoms with E-state index in [1.807, 2.05) is 0 Å². The third-order valence-corrected chi connectivity index (χ3v) is 2.52. The average molecular weight is 209 g/mol. The van der Waals surface area contributed by atoms with Crippen LogP contribution in [0.15, 0.2) is 22.8 Å². The van der Waals surface area contributed by atoms with Crippen LogP contribution >= 0.6 is 0 Å². The number of furan rings is 1. The first kappa shape index (κ1) is 9.76. The van der Waals surface area contributed by atoms with Gasteiger partial charge in [0, 0.05) is 6.54 Å². The molecule has 5 heteroatoms. The Kier molecular flexibility index (Phi) is 2.45. The van der Waals surface area contributed by atoms with Crippen molar-refractivity contribution in [2.24, 2.45) is 5.92 Å². The van der Waals surface area contributed by atoms with Crippen LogP contribution in [0.4, 0.5) is 0 Å².